The fourth-order valence-corrected chi connectivity index (χ4v) is 1.06. The molecule has 0 radical (unpaired) electrons. The van der Waals surface area contributed by atoms with Crippen molar-refractivity contribution in [3.05, 3.63) is 0 Å². The van der Waals surface area contributed by atoms with E-state index in [4.69, 9.17) is 20.4 Å². The molecule has 0 saturated carbocycles. The number of aliphatic carboxylic acids is 1. The summed E-state index contributed by atoms with van der Waals surface area (Å²) in [6, 6.07) is 0. The Labute approximate surface area is 101 Å². The smallest absolute Gasteiger partial charge is 0.547 e. The molecule has 14 heavy (non-hydrogen) atoms. The SMILES string of the molecule is O=C([O-])[C@H]1O[C@@H](O)[C@@H](O)[C@@H](O)[C@@H]1O.[Na+]. The van der Waals surface area contributed by atoms with Crippen molar-refractivity contribution in [2.24, 2.45) is 0 Å². The van der Waals surface area contributed by atoms with Crippen LogP contribution >= 0.6 is 0 Å². The predicted molar refractivity (Wildman–Crippen MR) is 33.9 cm³/mol. The van der Waals surface area contributed by atoms with Gasteiger partial charge in [-0.15, -0.1) is 0 Å². The van der Waals surface area contributed by atoms with E-state index in [0.29, 0.717) is 0 Å². The minimum atomic E-state index is -1.85. The predicted octanol–water partition coefficient (Wildman–Crippen LogP) is -7.46. The zero-order chi connectivity index (χ0) is 10.2. The molecule has 8 heteroatoms. The third-order valence-electron chi connectivity index (χ3n) is 1.82. The van der Waals surface area contributed by atoms with Crippen LogP contribution in [0.3, 0.4) is 0 Å². The molecule has 0 aromatic carbocycles. The molecule has 0 aliphatic carbocycles. The largest absolute Gasteiger partial charge is 1.00 e. The van der Waals surface area contributed by atoms with Crippen molar-refractivity contribution < 1.29 is 64.6 Å². The molecular weight excluding hydrogens is 207 g/mol. The summed E-state index contributed by atoms with van der Waals surface area (Å²) in [5.74, 6) is -1.77. The Hall–Kier alpha value is 0.270. The topological polar surface area (TPSA) is 130 Å². The van der Waals surface area contributed by atoms with E-state index >= 15 is 0 Å². The van der Waals surface area contributed by atoms with Gasteiger partial charge >= 0.3 is 29.6 Å². The molecule has 4 N–H and O–H groups in total. The summed E-state index contributed by atoms with van der Waals surface area (Å²) in [6.45, 7) is 0. The number of carboxylic acid groups (broad SMARTS) is 1. The molecule has 0 aromatic heterocycles. The molecular formula is C6H9NaO7. The van der Waals surface area contributed by atoms with Crippen molar-refractivity contribution in [2.45, 2.75) is 30.7 Å². The summed E-state index contributed by atoms with van der Waals surface area (Å²) in [5.41, 5.74) is 0. The standard InChI is InChI=1S/C6H10O7.Na/c7-1-2(8)4(5(10)11)13-6(12)3(1)9;/h1-4,6-9,12H,(H,10,11);/q;+1/p-1/t1-,2-,3-,4-,6+;/m0./s1. The van der Waals surface area contributed by atoms with Crippen LogP contribution in [-0.4, -0.2) is 57.1 Å². The Morgan fingerprint density at radius 1 is 1.07 bits per heavy atom. The van der Waals surface area contributed by atoms with E-state index in [2.05, 4.69) is 4.74 Å². The average Bonchev–Trinajstić information content (AvgIpc) is 2.07. The first kappa shape index (κ1) is 14.3. The maximum atomic E-state index is 10.3. The van der Waals surface area contributed by atoms with Gasteiger partial charge < -0.3 is 35.1 Å². The van der Waals surface area contributed by atoms with Crippen LogP contribution in [0.2, 0.25) is 0 Å². The molecule has 7 nitrogen and oxygen atoms in total. The van der Waals surface area contributed by atoms with Crippen molar-refractivity contribution in [1.29, 1.82) is 0 Å². The number of carbonyl (C=O) groups excluding carboxylic acids is 1. The number of rotatable bonds is 1. The second-order valence-electron chi connectivity index (χ2n) is 2.74. The maximum absolute atomic E-state index is 10.3. The number of carbonyl (C=O) groups is 1. The number of ether oxygens (including phenoxy) is 1. The van der Waals surface area contributed by atoms with Gasteiger partial charge in [0, 0.05) is 0 Å². The van der Waals surface area contributed by atoms with Crippen molar-refractivity contribution in [2.75, 3.05) is 0 Å². The van der Waals surface area contributed by atoms with Gasteiger partial charge in [-0.25, -0.2) is 0 Å². The molecule has 1 aliphatic rings. The van der Waals surface area contributed by atoms with Gasteiger partial charge in [0.1, 0.15) is 24.4 Å². The normalized spacial score (nSPS) is 42.7. The number of hydrogen-bond acceptors (Lipinski definition) is 7. The van der Waals surface area contributed by atoms with Gasteiger partial charge in [-0.05, 0) is 0 Å². The van der Waals surface area contributed by atoms with E-state index in [1.54, 1.807) is 0 Å². The van der Waals surface area contributed by atoms with E-state index in [-0.39, 0.29) is 29.6 Å². The second-order valence-corrected chi connectivity index (χ2v) is 2.74. The number of aliphatic hydroxyl groups is 4. The molecule has 5 atom stereocenters. The van der Waals surface area contributed by atoms with Crippen LogP contribution in [0.5, 0.6) is 0 Å². The van der Waals surface area contributed by atoms with Crippen LogP contribution in [0.25, 0.3) is 0 Å². The second kappa shape index (κ2) is 5.38. The fourth-order valence-electron chi connectivity index (χ4n) is 1.06. The summed E-state index contributed by atoms with van der Waals surface area (Å²) in [7, 11) is 0. The van der Waals surface area contributed by atoms with Gasteiger partial charge in [0.25, 0.3) is 0 Å². The molecule has 1 heterocycles. The van der Waals surface area contributed by atoms with Crippen molar-refractivity contribution >= 4 is 5.97 Å². The van der Waals surface area contributed by atoms with Crippen molar-refractivity contribution in [3.8, 4) is 0 Å². The molecule has 0 aromatic rings. The van der Waals surface area contributed by atoms with Gasteiger partial charge in [-0.3, -0.25) is 0 Å². The third-order valence-corrected chi connectivity index (χ3v) is 1.82. The van der Waals surface area contributed by atoms with E-state index < -0.39 is 36.7 Å². The van der Waals surface area contributed by atoms with E-state index in [0.717, 1.165) is 0 Å². The van der Waals surface area contributed by atoms with E-state index in [9.17, 15) is 9.90 Å². The summed E-state index contributed by atoms with van der Waals surface area (Å²) >= 11 is 0. The van der Waals surface area contributed by atoms with Gasteiger partial charge in [0.05, 0.1) is 5.97 Å². The van der Waals surface area contributed by atoms with Crippen LogP contribution in [0.1, 0.15) is 0 Å². The first-order chi connectivity index (χ1) is 5.95. The zero-order valence-electron chi connectivity index (χ0n) is 7.40. The van der Waals surface area contributed by atoms with Crippen LogP contribution in [0, 0.1) is 0 Å². The van der Waals surface area contributed by atoms with Crippen LogP contribution in [-0.2, 0) is 9.53 Å². The monoisotopic (exact) mass is 216 g/mol. The molecule has 0 unspecified atom stereocenters. The van der Waals surface area contributed by atoms with Crippen LogP contribution < -0.4 is 34.7 Å². The summed E-state index contributed by atoms with van der Waals surface area (Å²) in [6.07, 6.45) is -9.00. The van der Waals surface area contributed by atoms with Crippen LogP contribution in [0.4, 0.5) is 0 Å². The maximum Gasteiger partial charge on any atom is 1.00 e. The number of aliphatic hydroxyl groups excluding tert-OH is 4. The molecule has 1 fully saturated rings. The number of carboxylic acids is 1. The van der Waals surface area contributed by atoms with Gasteiger partial charge in [0.15, 0.2) is 6.29 Å². The van der Waals surface area contributed by atoms with Crippen molar-refractivity contribution in [3.63, 3.8) is 0 Å². The first-order valence-corrected chi connectivity index (χ1v) is 3.53. The fraction of sp³-hybridized carbons (Fsp3) is 0.833. The molecule has 76 valence electrons. The molecule has 1 rings (SSSR count). The van der Waals surface area contributed by atoms with Gasteiger partial charge in [-0.1, -0.05) is 0 Å². The Morgan fingerprint density at radius 3 is 2.00 bits per heavy atom. The Morgan fingerprint density at radius 2 is 1.57 bits per heavy atom. The Balaban J connectivity index is 0.00000169. The number of hydrogen-bond donors (Lipinski definition) is 4. The zero-order valence-corrected chi connectivity index (χ0v) is 9.40. The summed E-state index contributed by atoms with van der Waals surface area (Å²) < 4.78 is 4.28. The van der Waals surface area contributed by atoms with E-state index in [1.165, 1.54) is 0 Å². The van der Waals surface area contributed by atoms with Crippen LogP contribution in [0.15, 0.2) is 0 Å². The summed E-state index contributed by atoms with van der Waals surface area (Å²) in [5, 5.41) is 46.1. The quantitative estimate of drug-likeness (QED) is 0.320. The minimum Gasteiger partial charge on any atom is -0.547 e. The first-order valence-electron chi connectivity index (χ1n) is 3.53. The van der Waals surface area contributed by atoms with Gasteiger partial charge in [0.2, 0.25) is 0 Å². The molecule has 0 spiro atoms. The summed E-state index contributed by atoms with van der Waals surface area (Å²) in [4.78, 5) is 10.3. The average molecular weight is 216 g/mol. The van der Waals surface area contributed by atoms with E-state index in [1.807, 2.05) is 0 Å². The Bertz CT molecular complexity index is 210. The molecule has 1 saturated heterocycles. The van der Waals surface area contributed by atoms with Gasteiger partial charge in [-0.2, -0.15) is 0 Å². The molecule has 1 aliphatic heterocycles. The minimum absolute atomic E-state index is 0. The van der Waals surface area contributed by atoms with Crippen molar-refractivity contribution in [1.82, 2.24) is 0 Å². The molecule has 0 bridgehead atoms. The molecule has 0 amide bonds. The Kier molecular flexibility index (Phi) is 5.48. The third kappa shape index (κ3) is 2.65.